The smallest absolute Gasteiger partial charge is 0.245 e. The maximum atomic E-state index is 12.5. The zero-order chi connectivity index (χ0) is 14.8. The molecule has 0 saturated carbocycles. The summed E-state index contributed by atoms with van der Waals surface area (Å²) in [5.74, 6) is 2.29. The van der Waals surface area contributed by atoms with Gasteiger partial charge in [0.15, 0.2) is 5.82 Å². The standard InChI is InChI=1S/C14H22N4O3/c1-10-14(19)17(5-8-20-2)9-12-15-16-13(18(10)12)11-3-6-21-7-4-11/h10-11H,3-9H2,1-2H3/t10-/m0/s1. The first-order valence-corrected chi connectivity index (χ1v) is 7.51. The number of hydrogen-bond donors (Lipinski definition) is 0. The van der Waals surface area contributed by atoms with Crippen LogP contribution in [0.2, 0.25) is 0 Å². The van der Waals surface area contributed by atoms with Crippen LogP contribution in [0.15, 0.2) is 0 Å². The number of fused-ring (bicyclic) bond motifs is 1. The van der Waals surface area contributed by atoms with Crippen molar-refractivity contribution in [3.05, 3.63) is 11.6 Å². The lowest BCUT2D eigenvalue weighted by Crippen LogP contribution is -2.43. The van der Waals surface area contributed by atoms with Crippen LogP contribution < -0.4 is 0 Å². The fourth-order valence-electron chi connectivity index (χ4n) is 3.12. The summed E-state index contributed by atoms with van der Waals surface area (Å²) in [6.45, 7) is 5.10. The van der Waals surface area contributed by atoms with E-state index < -0.39 is 0 Å². The van der Waals surface area contributed by atoms with Gasteiger partial charge in [0.25, 0.3) is 0 Å². The highest BCUT2D eigenvalue weighted by molar-refractivity contribution is 5.81. The molecule has 21 heavy (non-hydrogen) atoms. The van der Waals surface area contributed by atoms with Crippen molar-refractivity contribution < 1.29 is 14.3 Å². The molecule has 1 saturated heterocycles. The fourth-order valence-corrected chi connectivity index (χ4v) is 3.12. The zero-order valence-corrected chi connectivity index (χ0v) is 12.6. The minimum atomic E-state index is -0.238. The van der Waals surface area contributed by atoms with Crippen LogP contribution in [0.25, 0.3) is 0 Å². The third kappa shape index (κ3) is 2.67. The topological polar surface area (TPSA) is 69.5 Å². The molecule has 7 nitrogen and oxygen atoms in total. The Kier molecular flexibility index (Phi) is 4.21. The molecule has 116 valence electrons. The third-order valence-corrected chi connectivity index (χ3v) is 4.33. The van der Waals surface area contributed by atoms with Crippen molar-refractivity contribution >= 4 is 5.91 Å². The van der Waals surface area contributed by atoms with Crippen LogP contribution in [0.3, 0.4) is 0 Å². The average molecular weight is 294 g/mol. The van der Waals surface area contributed by atoms with Crippen LogP contribution in [-0.2, 0) is 20.8 Å². The summed E-state index contributed by atoms with van der Waals surface area (Å²) in [4.78, 5) is 14.3. The van der Waals surface area contributed by atoms with Crippen molar-refractivity contribution in [2.75, 3.05) is 33.5 Å². The molecule has 3 rings (SSSR count). The first-order valence-electron chi connectivity index (χ1n) is 7.51. The van der Waals surface area contributed by atoms with E-state index in [9.17, 15) is 4.79 Å². The van der Waals surface area contributed by atoms with E-state index in [-0.39, 0.29) is 11.9 Å². The predicted octanol–water partition coefficient (Wildman–Crippen LogP) is 0.722. The second-order valence-corrected chi connectivity index (χ2v) is 5.66. The van der Waals surface area contributed by atoms with E-state index in [2.05, 4.69) is 10.2 Å². The molecule has 0 radical (unpaired) electrons. The van der Waals surface area contributed by atoms with Gasteiger partial charge in [0, 0.05) is 32.8 Å². The van der Waals surface area contributed by atoms with Crippen molar-refractivity contribution in [2.45, 2.75) is 38.3 Å². The molecule has 1 atom stereocenters. The van der Waals surface area contributed by atoms with Gasteiger partial charge < -0.3 is 18.9 Å². The Bertz CT molecular complexity index is 510. The summed E-state index contributed by atoms with van der Waals surface area (Å²) in [6.07, 6.45) is 1.90. The molecule has 0 bridgehead atoms. The molecule has 1 amide bonds. The summed E-state index contributed by atoms with van der Waals surface area (Å²) in [5.41, 5.74) is 0. The maximum absolute atomic E-state index is 12.5. The van der Waals surface area contributed by atoms with E-state index in [0.29, 0.717) is 25.6 Å². The number of amides is 1. The largest absolute Gasteiger partial charge is 0.383 e. The second kappa shape index (κ2) is 6.11. The second-order valence-electron chi connectivity index (χ2n) is 5.66. The van der Waals surface area contributed by atoms with Crippen molar-refractivity contribution in [2.24, 2.45) is 0 Å². The Balaban J connectivity index is 1.84. The van der Waals surface area contributed by atoms with Gasteiger partial charge in [-0.2, -0.15) is 0 Å². The van der Waals surface area contributed by atoms with Gasteiger partial charge in [-0.05, 0) is 19.8 Å². The molecule has 2 aliphatic heterocycles. The Morgan fingerprint density at radius 2 is 2.10 bits per heavy atom. The number of methoxy groups -OCH3 is 1. The molecule has 0 aromatic carbocycles. The minimum absolute atomic E-state index is 0.118. The number of carbonyl (C=O) groups is 1. The zero-order valence-electron chi connectivity index (χ0n) is 12.6. The molecular formula is C14H22N4O3. The van der Waals surface area contributed by atoms with E-state index in [1.165, 1.54) is 0 Å². The monoisotopic (exact) mass is 294 g/mol. The highest BCUT2D eigenvalue weighted by Crippen LogP contribution is 2.31. The van der Waals surface area contributed by atoms with Gasteiger partial charge >= 0.3 is 0 Å². The van der Waals surface area contributed by atoms with Crippen LogP contribution in [-0.4, -0.2) is 59.0 Å². The summed E-state index contributed by atoms with van der Waals surface area (Å²) in [7, 11) is 1.64. The summed E-state index contributed by atoms with van der Waals surface area (Å²) >= 11 is 0. The van der Waals surface area contributed by atoms with Crippen LogP contribution in [0.5, 0.6) is 0 Å². The van der Waals surface area contributed by atoms with Crippen molar-refractivity contribution in [1.29, 1.82) is 0 Å². The third-order valence-electron chi connectivity index (χ3n) is 4.33. The summed E-state index contributed by atoms with van der Waals surface area (Å²) in [6, 6.07) is -0.238. The minimum Gasteiger partial charge on any atom is -0.383 e. The fraction of sp³-hybridized carbons (Fsp3) is 0.786. The number of hydrogen-bond acceptors (Lipinski definition) is 5. The molecule has 0 spiro atoms. The van der Waals surface area contributed by atoms with E-state index in [0.717, 1.165) is 37.7 Å². The number of aromatic nitrogens is 3. The van der Waals surface area contributed by atoms with Gasteiger partial charge in [0.05, 0.1) is 13.2 Å². The molecular weight excluding hydrogens is 272 g/mol. The molecule has 1 fully saturated rings. The molecule has 7 heteroatoms. The van der Waals surface area contributed by atoms with Crippen molar-refractivity contribution in [3.8, 4) is 0 Å². The lowest BCUT2D eigenvalue weighted by atomic mass is 9.98. The molecule has 1 aromatic rings. The van der Waals surface area contributed by atoms with Crippen LogP contribution in [0.1, 0.15) is 43.4 Å². The molecule has 1 aromatic heterocycles. The van der Waals surface area contributed by atoms with Crippen LogP contribution in [0.4, 0.5) is 0 Å². The van der Waals surface area contributed by atoms with Crippen LogP contribution >= 0.6 is 0 Å². The van der Waals surface area contributed by atoms with Crippen molar-refractivity contribution in [3.63, 3.8) is 0 Å². The Morgan fingerprint density at radius 3 is 2.81 bits per heavy atom. The number of rotatable bonds is 4. The van der Waals surface area contributed by atoms with E-state index in [1.54, 1.807) is 12.0 Å². The first kappa shape index (κ1) is 14.5. The van der Waals surface area contributed by atoms with Gasteiger partial charge in [0.2, 0.25) is 5.91 Å². The number of nitrogens with zero attached hydrogens (tertiary/aromatic N) is 4. The summed E-state index contributed by atoms with van der Waals surface area (Å²) < 4.78 is 12.5. The molecule has 2 aliphatic rings. The lowest BCUT2D eigenvalue weighted by Gasteiger charge is -2.33. The maximum Gasteiger partial charge on any atom is 0.245 e. The van der Waals surface area contributed by atoms with Gasteiger partial charge in [-0.15, -0.1) is 10.2 Å². The summed E-state index contributed by atoms with van der Waals surface area (Å²) in [5, 5.41) is 8.68. The Hall–Kier alpha value is -1.47. The SMILES string of the molecule is COCCN1Cc2nnc(C3CCOCC3)n2[C@@H](C)C1=O. The highest BCUT2D eigenvalue weighted by atomic mass is 16.5. The molecule has 3 heterocycles. The van der Waals surface area contributed by atoms with Gasteiger partial charge in [-0.1, -0.05) is 0 Å². The molecule has 0 aliphatic carbocycles. The van der Waals surface area contributed by atoms with Gasteiger partial charge in [-0.3, -0.25) is 4.79 Å². The predicted molar refractivity (Wildman–Crippen MR) is 74.8 cm³/mol. The Morgan fingerprint density at radius 1 is 1.33 bits per heavy atom. The van der Waals surface area contributed by atoms with E-state index >= 15 is 0 Å². The lowest BCUT2D eigenvalue weighted by molar-refractivity contribution is -0.137. The average Bonchev–Trinajstić information content (AvgIpc) is 2.94. The number of carbonyl (C=O) groups excluding carboxylic acids is 1. The Labute approximate surface area is 124 Å². The van der Waals surface area contributed by atoms with Crippen molar-refractivity contribution in [1.82, 2.24) is 19.7 Å². The van der Waals surface area contributed by atoms with Gasteiger partial charge in [-0.25, -0.2) is 0 Å². The number of ether oxygens (including phenoxy) is 2. The van der Waals surface area contributed by atoms with E-state index in [4.69, 9.17) is 9.47 Å². The van der Waals surface area contributed by atoms with E-state index in [1.807, 2.05) is 11.5 Å². The van der Waals surface area contributed by atoms with Crippen LogP contribution in [0, 0.1) is 0 Å². The first-order chi connectivity index (χ1) is 10.2. The van der Waals surface area contributed by atoms with Gasteiger partial charge in [0.1, 0.15) is 11.9 Å². The molecule has 0 unspecified atom stereocenters. The highest BCUT2D eigenvalue weighted by Gasteiger charge is 2.35. The quantitative estimate of drug-likeness (QED) is 0.818. The normalized spacial score (nSPS) is 23.4. The molecule has 0 N–H and O–H groups in total.